The normalized spacial score (nSPS) is 12.5. The van der Waals surface area contributed by atoms with Gasteiger partial charge in [0.2, 0.25) is 0 Å². The van der Waals surface area contributed by atoms with Gasteiger partial charge in [-0.05, 0) is 58.4 Å². The smallest absolute Gasteiger partial charge is 0.137 e. The van der Waals surface area contributed by atoms with Gasteiger partial charge in [0.25, 0.3) is 0 Å². The Kier molecular flexibility index (Phi) is 5.17. The highest BCUT2D eigenvalue weighted by atomic mass is 79.9. The third kappa shape index (κ3) is 3.27. The van der Waals surface area contributed by atoms with Crippen LogP contribution in [0.4, 0.5) is 4.39 Å². The van der Waals surface area contributed by atoms with Crippen LogP contribution < -0.4 is 5.32 Å². The van der Waals surface area contributed by atoms with Crippen LogP contribution in [-0.4, -0.2) is 7.05 Å². The molecule has 1 nitrogen and oxygen atoms in total. The maximum absolute atomic E-state index is 13.7. The highest BCUT2D eigenvalue weighted by Gasteiger charge is 2.19. The van der Waals surface area contributed by atoms with Crippen LogP contribution in [0.5, 0.6) is 0 Å². The molecule has 0 saturated heterocycles. The van der Waals surface area contributed by atoms with E-state index < -0.39 is 0 Å². The Balaban J connectivity index is 2.56. The molecule has 2 rings (SSSR count). The Morgan fingerprint density at radius 3 is 2.47 bits per heavy atom. The maximum Gasteiger partial charge on any atom is 0.137 e. The Hall–Kier alpha value is -0.230. The molecule has 0 aromatic heterocycles. The Morgan fingerprint density at radius 1 is 1.05 bits per heavy atom. The number of hydrogen-bond donors (Lipinski definition) is 1. The predicted molar refractivity (Wildman–Crippen MR) is 86.8 cm³/mol. The monoisotopic (exact) mass is 449 g/mol. The fraction of sp³-hybridized carbons (Fsp3) is 0.143. The van der Waals surface area contributed by atoms with Gasteiger partial charge >= 0.3 is 0 Å². The zero-order chi connectivity index (χ0) is 14.0. The van der Waals surface area contributed by atoms with Gasteiger partial charge in [-0.15, -0.1) is 0 Å². The summed E-state index contributed by atoms with van der Waals surface area (Å²) in [5.41, 5.74) is 1.91. The fourth-order valence-corrected chi connectivity index (χ4v) is 3.31. The van der Waals surface area contributed by atoms with E-state index in [1.54, 1.807) is 6.07 Å². The second-order valence-electron chi connectivity index (χ2n) is 4.03. The number of halogens is 4. The van der Waals surface area contributed by atoms with E-state index in [4.69, 9.17) is 0 Å². The van der Waals surface area contributed by atoms with Crippen LogP contribution in [-0.2, 0) is 0 Å². The summed E-state index contributed by atoms with van der Waals surface area (Å²) in [5.74, 6) is -0.260. The van der Waals surface area contributed by atoms with E-state index in [0.717, 1.165) is 20.1 Å². The molecule has 0 saturated carbocycles. The molecule has 5 heteroatoms. The third-order valence-electron chi connectivity index (χ3n) is 2.85. The molecular formula is C14H11Br3FN. The molecule has 1 atom stereocenters. The van der Waals surface area contributed by atoms with Crippen molar-refractivity contribution in [2.24, 2.45) is 0 Å². The second-order valence-corrected chi connectivity index (χ2v) is 6.59. The summed E-state index contributed by atoms with van der Waals surface area (Å²) >= 11 is 10.3. The van der Waals surface area contributed by atoms with Crippen molar-refractivity contribution in [1.29, 1.82) is 0 Å². The van der Waals surface area contributed by atoms with E-state index in [0.29, 0.717) is 4.47 Å². The van der Waals surface area contributed by atoms with E-state index in [9.17, 15) is 4.39 Å². The van der Waals surface area contributed by atoms with Crippen molar-refractivity contribution in [1.82, 2.24) is 5.32 Å². The van der Waals surface area contributed by atoms with Crippen molar-refractivity contribution in [3.05, 3.63) is 66.8 Å². The van der Waals surface area contributed by atoms with Gasteiger partial charge in [-0.2, -0.15) is 0 Å². The van der Waals surface area contributed by atoms with Crippen molar-refractivity contribution in [2.45, 2.75) is 6.04 Å². The van der Waals surface area contributed by atoms with Gasteiger partial charge in [0.05, 0.1) is 10.5 Å². The van der Waals surface area contributed by atoms with Crippen molar-refractivity contribution >= 4 is 47.8 Å². The molecule has 0 aliphatic carbocycles. The summed E-state index contributed by atoms with van der Waals surface area (Å²) in [6.45, 7) is 0. The summed E-state index contributed by atoms with van der Waals surface area (Å²) in [6.07, 6.45) is 0. The first-order valence-corrected chi connectivity index (χ1v) is 7.98. The van der Waals surface area contributed by atoms with Crippen molar-refractivity contribution < 1.29 is 4.39 Å². The predicted octanol–water partition coefficient (Wildman–Crippen LogP) is 5.42. The van der Waals surface area contributed by atoms with Gasteiger partial charge in [-0.25, -0.2) is 4.39 Å². The quantitative estimate of drug-likeness (QED) is 0.656. The molecular weight excluding hydrogens is 441 g/mol. The number of hydrogen-bond acceptors (Lipinski definition) is 1. The third-order valence-corrected chi connectivity index (χ3v) is 4.90. The van der Waals surface area contributed by atoms with Gasteiger partial charge in [-0.1, -0.05) is 44.0 Å². The molecule has 1 N–H and O–H groups in total. The molecule has 19 heavy (non-hydrogen) atoms. The fourth-order valence-electron chi connectivity index (χ4n) is 1.96. The highest BCUT2D eigenvalue weighted by molar-refractivity contribution is 9.11. The largest absolute Gasteiger partial charge is 0.309 e. The molecule has 0 heterocycles. The summed E-state index contributed by atoms with van der Waals surface area (Å²) in [5, 5.41) is 3.22. The van der Waals surface area contributed by atoms with Crippen LogP contribution >= 0.6 is 47.8 Å². The van der Waals surface area contributed by atoms with Crippen molar-refractivity contribution in [3.63, 3.8) is 0 Å². The molecule has 0 radical (unpaired) electrons. The molecule has 0 bridgehead atoms. The Bertz CT molecular complexity index is 599. The number of benzene rings is 2. The summed E-state index contributed by atoms with van der Waals surface area (Å²) in [6, 6.07) is 10.9. The molecule has 0 amide bonds. The molecule has 1 unspecified atom stereocenters. The van der Waals surface area contributed by atoms with Gasteiger partial charge in [0, 0.05) is 8.95 Å². The minimum atomic E-state index is -0.260. The lowest BCUT2D eigenvalue weighted by Gasteiger charge is -2.20. The van der Waals surface area contributed by atoms with Gasteiger partial charge in [0.15, 0.2) is 0 Å². The Morgan fingerprint density at radius 2 is 1.79 bits per heavy atom. The highest BCUT2D eigenvalue weighted by Crippen LogP contribution is 2.34. The van der Waals surface area contributed by atoms with Gasteiger partial charge in [-0.3, -0.25) is 0 Å². The molecule has 0 fully saturated rings. The second kappa shape index (κ2) is 6.48. The average molecular weight is 452 g/mol. The average Bonchev–Trinajstić information content (AvgIpc) is 2.39. The summed E-state index contributed by atoms with van der Waals surface area (Å²) < 4.78 is 16.1. The van der Waals surface area contributed by atoms with Crippen LogP contribution in [0, 0.1) is 5.82 Å². The lowest BCUT2D eigenvalue weighted by molar-refractivity contribution is 0.608. The zero-order valence-corrected chi connectivity index (χ0v) is 14.8. The van der Waals surface area contributed by atoms with E-state index in [1.807, 2.05) is 31.3 Å². The first-order chi connectivity index (χ1) is 9.04. The van der Waals surface area contributed by atoms with Gasteiger partial charge in [0.1, 0.15) is 5.82 Å². The van der Waals surface area contributed by atoms with E-state index in [-0.39, 0.29) is 11.9 Å². The lowest BCUT2D eigenvalue weighted by Crippen LogP contribution is -2.19. The van der Waals surface area contributed by atoms with Crippen LogP contribution in [0.15, 0.2) is 49.8 Å². The summed E-state index contributed by atoms with van der Waals surface area (Å²) in [4.78, 5) is 0. The first kappa shape index (κ1) is 15.2. The van der Waals surface area contributed by atoms with E-state index in [1.165, 1.54) is 6.07 Å². The van der Waals surface area contributed by atoms with E-state index >= 15 is 0 Å². The summed E-state index contributed by atoms with van der Waals surface area (Å²) in [7, 11) is 1.86. The number of nitrogens with one attached hydrogen (secondary N) is 1. The standard InChI is InChI=1S/C14H11Br3FN/c1-19-14(9-3-2-4-12(18)13(9)17)10-7-8(15)5-6-11(10)16/h2-7,14,19H,1H3. The van der Waals surface area contributed by atoms with Crippen LogP contribution in [0.1, 0.15) is 17.2 Å². The molecule has 2 aromatic rings. The minimum absolute atomic E-state index is 0.100. The molecule has 100 valence electrons. The molecule has 0 aliphatic rings. The van der Waals surface area contributed by atoms with Gasteiger partial charge < -0.3 is 5.32 Å². The van der Waals surface area contributed by atoms with Crippen molar-refractivity contribution in [3.8, 4) is 0 Å². The number of rotatable bonds is 3. The van der Waals surface area contributed by atoms with Crippen molar-refractivity contribution in [2.75, 3.05) is 7.05 Å². The van der Waals surface area contributed by atoms with Crippen LogP contribution in [0.3, 0.4) is 0 Å². The SMILES string of the molecule is CNC(c1cc(Br)ccc1Br)c1cccc(F)c1Br. The molecule has 2 aromatic carbocycles. The zero-order valence-electron chi connectivity index (χ0n) is 10.1. The molecule has 0 spiro atoms. The lowest BCUT2D eigenvalue weighted by atomic mass is 9.99. The van der Waals surface area contributed by atoms with E-state index in [2.05, 4.69) is 53.1 Å². The molecule has 0 aliphatic heterocycles. The topological polar surface area (TPSA) is 12.0 Å². The Labute approximate surface area is 137 Å². The minimum Gasteiger partial charge on any atom is -0.309 e. The maximum atomic E-state index is 13.7. The first-order valence-electron chi connectivity index (χ1n) is 5.60. The van der Waals surface area contributed by atoms with Crippen LogP contribution in [0.25, 0.3) is 0 Å². The van der Waals surface area contributed by atoms with Crippen LogP contribution in [0.2, 0.25) is 0 Å².